The van der Waals surface area contributed by atoms with E-state index in [1.165, 1.54) is 17.5 Å². The molecule has 0 radical (unpaired) electrons. The molecule has 1 N–H and O–H groups in total. The molecule has 0 atom stereocenters. The maximum atomic E-state index is 13.0. The Morgan fingerprint density at radius 2 is 1.96 bits per heavy atom. The zero-order valence-electron chi connectivity index (χ0n) is 14.9. The summed E-state index contributed by atoms with van der Waals surface area (Å²) in [5.74, 6) is 1.01. The highest BCUT2D eigenvalue weighted by Crippen LogP contribution is 2.32. The van der Waals surface area contributed by atoms with Crippen LogP contribution in [0, 0.1) is 12.8 Å². The molecule has 3 aromatic rings. The summed E-state index contributed by atoms with van der Waals surface area (Å²) in [7, 11) is 0. The fourth-order valence-corrected chi connectivity index (χ4v) is 3.11. The van der Waals surface area contributed by atoms with E-state index in [-0.39, 0.29) is 17.2 Å². The van der Waals surface area contributed by atoms with Crippen LogP contribution in [0.5, 0.6) is 0 Å². The molecule has 4 rings (SSSR count). The van der Waals surface area contributed by atoms with E-state index < -0.39 is 0 Å². The number of benzene rings is 1. The molecule has 2 heterocycles. The van der Waals surface area contributed by atoms with Crippen molar-refractivity contribution in [2.24, 2.45) is 5.92 Å². The lowest BCUT2D eigenvalue weighted by Crippen LogP contribution is -2.27. The highest BCUT2D eigenvalue weighted by molar-refractivity contribution is 6.11. The van der Waals surface area contributed by atoms with Gasteiger partial charge in [-0.2, -0.15) is 10.2 Å². The molecule has 7 heteroatoms. The summed E-state index contributed by atoms with van der Waals surface area (Å²) >= 11 is 0. The molecule has 0 spiro atoms. The fraction of sp³-hybridized carbons (Fsp3) is 0.368. The zero-order valence-corrected chi connectivity index (χ0v) is 14.9. The maximum Gasteiger partial charge on any atom is 0.277 e. The van der Waals surface area contributed by atoms with Crippen LogP contribution >= 0.6 is 0 Å². The van der Waals surface area contributed by atoms with Crippen molar-refractivity contribution in [2.75, 3.05) is 5.32 Å². The minimum atomic E-state index is -0.330. The van der Waals surface area contributed by atoms with Gasteiger partial charge in [0.15, 0.2) is 5.69 Å². The number of hydrogen-bond donors (Lipinski definition) is 1. The number of hydrogen-bond acceptors (Lipinski definition) is 4. The second-order valence-corrected chi connectivity index (χ2v) is 6.77. The molecule has 1 fully saturated rings. The third-order valence-electron chi connectivity index (χ3n) is 4.76. The van der Waals surface area contributed by atoms with Crippen molar-refractivity contribution in [3.8, 4) is 0 Å². The second kappa shape index (κ2) is 6.40. The predicted octanol–water partition coefficient (Wildman–Crippen LogP) is 2.58. The Morgan fingerprint density at radius 3 is 2.65 bits per heavy atom. The average Bonchev–Trinajstić information content (AvgIpc) is 3.41. The summed E-state index contributed by atoms with van der Waals surface area (Å²) in [5.41, 5.74) is 0.974. The van der Waals surface area contributed by atoms with Crippen molar-refractivity contribution >= 4 is 22.5 Å². The number of fused-ring (bicyclic) bond motifs is 1. The van der Waals surface area contributed by atoms with Crippen LogP contribution in [0.4, 0.5) is 5.82 Å². The van der Waals surface area contributed by atoms with Crippen LogP contribution in [0.1, 0.15) is 35.8 Å². The first kappa shape index (κ1) is 16.5. The van der Waals surface area contributed by atoms with Crippen LogP contribution in [0.2, 0.25) is 0 Å². The standard InChI is InChI=1S/C19H21N5O2/c1-3-23-19(26)15-7-5-4-6-14(15)16(22-23)18(25)21-17-12(2)10-20-24(17)11-13-8-9-13/h4-7,10,13H,3,8-9,11H2,1-2H3,(H,21,25). The summed E-state index contributed by atoms with van der Waals surface area (Å²) < 4.78 is 3.18. The van der Waals surface area contributed by atoms with Crippen LogP contribution in [0.15, 0.2) is 35.3 Å². The molecule has 2 aromatic heterocycles. The average molecular weight is 351 g/mol. The first-order valence-corrected chi connectivity index (χ1v) is 8.92. The van der Waals surface area contributed by atoms with Crippen LogP contribution < -0.4 is 10.9 Å². The summed E-state index contributed by atoms with van der Waals surface area (Å²) in [6.07, 6.45) is 4.18. The summed E-state index contributed by atoms with van der Waals surface area (Å²) in [6, 6.07) is 7.08. The third kappa shape index (κ3) is 2.89. The van der Waals surface area contributed by atoms with E-state index in [0.717, 1.165) is 12.1 Å². The van der Waals surface area contributed by atoms with Gasteiger partial charge in [0.05, 0.1) is 11.6 Å². The number of nitrogens with zero attached hydrogens (tertiary/aromatic N) is 4. The highest BCUT2D eigenvalue weighted by atomic mass is 16.2. The SMILES string of the molecule is CCn1nc(C(=O)Nc2c(C)cnn2CC2CC2)c2ccccc2c1=O. The maximum absolute atomic E-state index is 13.0. The number of carbonyl (C=O) groups is 1. The minimum absolute atomic E-state index is 0.186. The molecule has 26 heavy (non-hydrogen) atoms. The van der Waals surface area contributed by atoms with Gasteiger partial charge < -0.3 is 5.32 Å². The smallest absolute Gasteiger partial charge is 0.277 e. The predicted molar refractivity (Wildman–Crippen MR) is 99.3 cm³/mol. The molecule has 1 aliphatic carbocycles. The molecule has 7 nitrogen and oxygen atoms in total. The Kier molecular flexibility index (Phi) is 4.06. The van der Waals surface area contributed by atoms with Crippen molar-refractivity contribution in [1.82, 2.24) is 19.6 Å². The monoisotopic (exact) mass is 351 g/mol. The van der Waals surface area contributed by atoms with Gasteiger partial charge in [0.2, 0.25) is 0 Å². The molecule has 0 aliphatic heterocycles. The van der Waals surface area contributed by atoms with Gasteiger partial charge in [-0.05, 0) is 38.7 Å². The molecule has 1 aliphatic rings. The van der Waals surface area contributed by atoms with E-state index in [1.54, 1.807) is 30.5 Å². The number of carbonyl (C=O) groups excluding carboxylic acids is 1. The van der Waals surface area contributed by atoms with Gasteiger partial charge >= 0.3 is 0 Å². The van der Waals surface area contributed by atoms with Gasteiger partial charge in [0.25, 0.3) is 11.5 Å². The summed E-state index contributed by atoms with van der Waals surface area (Å²) in [6.45, 7) is 4.97. The van der Waals surface area contributed by atoms with Crippen molar-refractivity contribution in [2.45, 2.75) is 39.8 Å². The number of aromatic nitrogens is 4. The molecule has 1 saturated carbocycles. The Morgan fingerprint density at radius 1 is 1.23 bits per heavy atom. The van der Waals surface area contributed by atoms with Gasteiger partial charge in [0, 0.05) is 24.0 Å². The van der Waals surface area contributed by atoms with Crippen molar-refractivity contribution < 1.29 is 4.79 Å². The second-order valence-electron chi connectivity index (χ2n) is 6.77. The number of rotatable bonds is 5. The highest BCUT2D eigenvalue weighted by Gasteiger charge is 2.25. The molecule has 1 aromatic carbocycles. The van der Waals surface area contributed by atoms with Crippen molar-refractivity contribution in [3.63, 3.8) is 0 Å². The quantitative estimate of drug-likeness (QED) is 0.766. The van der Waals surface area contributed by atoms with E-state index in [0.29, 0.717) is 29.1 Å². The van der Waals surface area contributed by atoms with Gasteiger partial charge in [0.1, 0.15) is 5.82 Å². The van der Waals surface area contributed by atoms with Crippen molar-refractivity contribution in [1.29, 1.82) is 0 Å². The van der Waals surface area contributed by atoms with Crippen LogP contribution in [0.25, 0.3) is 10.8 Å². The Bertz CT molecular complexity index is 1050. The van der Waals surface area contributed by atoms with E-state index in [4.69, 9.17) is 0 Å². The molecule has 0 bridgehead atoms. The van der Waals surface area contributed by atoms with Gasteiger partial charge in [-0.15, -0.1) is 0 Å². The fourth-order valence-electron chi connectivity index (χ4n) is 3.11. The number of aryl methyl sites for hydroxylation is 2. The van der Waals surface area contributed by atoms with E-state index in [9.17, 15) is 9.59 Å². The van der Waals surface area contributed by atoms with E-state index >= 15 is 0 Å². The molecular formula is C19H21N5O2. The van der Waals surface area contributed by atoms with Gasteiger partial charge in [-0.1, -0.05) is 18.2 Å². The lowest BCUT2D eigenvalue weighted by molar-refractivity contribution is 0.102. The van der Waals surface area contributed by atoms with E-state index in [1.807, 2.05) is 18.5 Å². The molecule has 134 valence electrons. The normalized spacial score (nSPS) is 13.9. The number of amides is 1. The van der Waals surface area contributed by atoms with Gasteiger partial charge in [-0.25, -0.2) is 9.36 Å². The number of nitrogens with one attached hydrogen (secondary N) is 1. The zero-order chi connectivity index (χ0) is 18.3. The van der Waals surface area contributed by atoms with Crippen LogP contribution in [0.3, 0.4) is 0 Å². The minimum Gasteiger partial charge on any atom is -0.305 e. The first-order valence-electron chi connectivity index (χ1n) is 8.92. The summed E-state index contributed by atoms with van der Waals surface area (Å²) in [5, 5.41) is 12.7. The molecule has 0 saturated heterocycles. The molecule has 0 unspecified atom stereocenters. The first-order chi connectivity index (χ1) is 12.6. The molecule has 1 amide bonds. The van der Waals surface area contributed by atoms with Gasteiger partial charge in [-0.3, -0.25) is 9.59 Å². The van der Waals surface area contributed by atoms with E-state index in [2.05, 4.69) is 15.5 Å². The summed E-state index contributed by atoms with van der Waals surface area (Å²) in [4.78, 5) is 25.4. The number of anilines is 1. The van der Waals surface area contributed by atoms with Crippen molar-refractivity contribution in [3.05, 3.63) is 52.1 Å². The lowest BCUT2D eigenvalue weighted by Gasteiger charge is -2.12. The largest absolute Gasteiger partial charge is 0.305 e. The topological polar surface area (TPSA) is 81.8 Å². The Hall–Kier alpha value is -2.96. The Balaban J connectivity index is 1.74. The lowest BCUT2D eigenvalue weighted by atomic mass is 10.1. The Labute approximate surface area is 150 Å². The third-order valence-corrected chi connectivity index (χ3v) is 4.76. The van der Waals surface area contributed by atoms with Crippen LogP contribution in [-0.4, -0.2) is 25.5 Å². The molecular weight excluding hydrogens is 330 g/mol. The van der Waals surface area contributed by atoms with Crippen LogP contribution in [-0.2, 0) is 13.1 Å².